The van der Waals surface area contributed by atoms with Gasteiger partial charge in [0.2, 0.25) is 0 Å². The number of nitro groups is 1. The Morgan fingerprint density at radius 2 is 2.25 bits per heavy atom. The van der Waals surface area contributed by atoms with Gasteiger partial charge < -0.3 is 14.8 Å². The highest BCUT2D eigenvalue weighted by Crippen LogP contribution is 2.33. The fourth-order valence-electron chi connectivity index (χ4n) is 1.52. The average molecular weight is 347 g/mol. The van der Waals surface area contributed by atoms with Gasteiger partial charge in [-0.15, -0.1) is 0 Å². The Morgan fingerprint density at radius 1 is 1.55 bits per heavy atom. The van der Waals surface area contributed by atoms with Gasteiger partial charge in [-0.1, -0.05) is 13.0 Å². The summed E-state index contributed by atoms with van der Waals surface area (Å²) >= 11 is 3.12. The molecule has 1 atom stereocenters. The lowest BCUT2D eigenvalue weighted by Gasteiger charge is -2.16. The largest absolute Gasteiger partial charge is 0.490 e. The van der Waals surface area contributed by atoms with Crippen LogP contribution in [0.4, 0.5) is 5.69 Å². The second-order valence-corrected chi connectivity index (χ2v) is 4.58. The van der Waals surface area contributed by atoms with Crippen LogP contribution in [0.2, 0.25) is 0 Å². The number of benzene rings is 1. The molecular weight excluding hydrogens is 332 g/mol. The molecule has 0 spiro atoms. The van der Waals surface area contributed by atoms with Crippen molar-refractivity contribution in [2.75, 3.05) is 20.3 Å². The third kappa shape index (κ3) is 4.17. The number of nitrogens with one attached hydrogen (secondary N) is 1. The highest BCUT2D eigenvalue weighted by Gasteiger charge is 2.21. The lowest BCUT2D eigenvalue weighted by Crippen LogP contribution is -2.42. The normalized spacial score (nSPS) is 11.8. The molecule has 0 bridgehead atoms. The van der Waals surface area contributed by atoms with E-state index in [9.17, 15) is 14.9 Å². The van der Waals surface area contributed by atoms with Gasteiger partial charge in [-0.05, 0) is 28.5 Å². The predicted molar refractivity (Wildman–Crippen MR) is 75.8 cm³/mol. The van der Waals surface area contributed by atoms with E-state index >= 15 is 0 Å². The van der Waals surface area contributed by atoms with Crippen LogP contribution in [0, 0.1) is 10.1 Å². The maximum absolute atomic E-state index is 11.5. The van der Waals surface area contributed by atoms with Gasteiger partial charge in [-0.2, -0.15) is 0 Å². The van der Waals surface area contributed by atoms with Gasteiger partial charge >= 0.3 is 5.97 Å². The fraction of sp³-hybridized carbons (Fsp3) is 0.417. The zero-order valence-corrected chi connectivity index (χ0v) is 12.7. The van der Waals surface area contributed by atoms with Gasteiger partial charge in [0, 0.05) is 6.07 Å². The molecule has 0 aliphatic rings. The highest BCUT2D eigenvalue weighted by molar-refractivity contribution is 9.10. The standard InChI is InChI=1S/C12H15BrN2O5/c1-3-14-8(12(16)19-2)7-20-10-6-4-5-9(11(10)13)15(17)18/h4-6,8,14H,3,7H2,1-2H3. The first kappa shape index (κ1) is 16.4. The van der Waals surface area contributed by atoms with Crippen LogP contribution in [-0.2, 0) is 9.53 Å². The molecule has 1 rings (SSSR count). The van der Waals surface area contributed by atoms with Crippen molar-refractivity contribution < 1.29 is 19.2 Å². The number of halogens is 1. The molecule has 110 valence electrons. The van der Waals surface area contributed by atoms with Gasteiger partial charge in [-0.3, -0.25) is 14.9 Å². The molecule has 0 aromatic heterocycles. The first-order chi connectivity index (χ1) is 9.51. The summed E-state index contributed by atoms with van der Waals surface area (Å²) in [7, 11) is 1.29. The summed E-state index contributed by atoms with van der Waals surface area (Å²) in [5.74, 6) is -0.153. The molecule has 0 radical (unpaired) electrons. The number of hydrogen-bond donors (Lipinski definition) is 1. The van der Waals surface area contributed by atoms with Crippen LogP contribution in [0.1, 0.15) is 6.92 Å². The first-order valence-electron chi connectivity index (χ1n) is 5.88. The van der Waals surface area contributed by atoms with Crippen molar-refractivity contribution in [2.45, 2.75) is 13.0 Å². The smallest absolute Gasteiger partial charge is 0.326 e. The number of nitro benzene ring substituents is 1. The van der Waals surface area contributed by atoms with E-state index in [2.05, 4.69) is 26.0 Å². The van der Waals surface area contributed by atoms with Crippen LogP contribution in [0.5, 0.6) is 5.75 Å². The van der Waals surface area contributed by atoms with Crippen molar-refractivity contribution in [3.8, 4) is 5.75 Å². The van der Waals surface area contributed by atoms with Crippen molar-refractivity contribution in [1.29, 1.82) is 0 Å². The molecule has 0 amide bonds. The molecule has 0 saturated carbocycles. The maximum Gasteiger partial charge on any atom is 0.326 e. The quantitative estimate of drug-likeness (QED) is 0.460. The molecule has 1 unspecified atom stereocenters. The first-order valence-corrected chi connectivity index (χ1v) is 6.67. The summed E-state index contributed by atoms with van der Waals surface area (Å²) in [4.78, 5) is 21.8. The molecule has 8 heteroatoms. The minimum atomic E-state index is -0.629. The number of esters is 1. The summed E-state index contributed by atoms with van der Waals surface area (Å²) in [6.45, 7) is 2.43. The van der Waals surface area contributed by atoms with E-state index in [-0.39, 0.29) is 16.8 Å². The summed E-state index contributed by atoms with van der Waals surface area (Å²) < 4.78 is 10.3. The molecule has 0 saturated heterocycles. The second-order valence-electron chi connectivity index (χ2n) is 3.79. The van der Waals surface area contributed by atoms with E-state index in [1.165, 1.54) is 19.2 Å². The zero-order chi connectivity index (χ0) is 15.1. The Bertz CT molecular complexity index is 495. The Hall–Kier alpha value is -1.67. The lowest BCUT2D eigenvalue weighted by molar-refractivity contribution is -0.385. The number of nitrogens with zero attached hydrogens (tertiary/aromatic N) is 1. The van der Waals surface area contributed by atoms with Crippen molar-refractivity contribution in [2.24, 2.45) is 0 Å². The minimum absolute atomic E-state index is 0.0142. The van der Waals surface area contributed by atoms with E-state index in [4.69, 9.17) is 4.74 Å². The van der Waals surface area contributed by atoms with E-state index < -0.39 is 16.9 Å². The molecule has 1 aromatic rings. The number of carbonyl (C=O) groups is 1. The minimum Gasteiger partial charge on any atom is -0.490 e. The fourth-order valence-corrected chi connectivity index (χ4v) is 2.05. The zero-order valence-electron chi connectivity index (χ0n) is 11.1. The van der Waals surface area contributed by atoms with Crippen molar-refractivity contribution in [1.82, 2.24) is 5.32 Å². The predicted octanol–water partition coefficient (Wildman–Crippen LogP) is 1.89. The summed E-state index contributed by atoms with van der Waals surface area (Å²) in [5.41, 5.74) is -0.0967. The summed E-state index contributed by atoms with van der Waals surface area (Å²) in [6.07, 6.45) is 0. The number of hydrogen-bond acceptors (Lipinski definition) is 6. The Balaban J connectivity index is 2.80. The van der Waals surface area contributed by atoms with E-state index in [0.29, 0.717) is 12.3 Å². The number of ether oxygens (including phenoxy) is 2. The van der Waals surface area contributed by atoms with Gasteiger partial charge in [0.15, 0.2) is 0 Å². The molecular formula is C12H15BrN2O5. The number of methoxy groups -OCH3 is 1. The third-order valence-electron chi connectivity index (χ3n) is 2.48. The average Bonchev–Trinajstić information content (AvgIpc) is 2.43. The van der Waals surface area contributed by atoms with Crippen LogP contribution < -0.4 is 10.1 Å². The van der Waals surface area contributed by atoms with E-state index in [1.54, 1.807) is 6.07 Å². The Morgan fingerprint density at radius 3 is 2.80 bits per heavy atom. The molecule has 0 aliphatic heterocycles. The van der Waals surface area contributed by atoms with Crippen LogP contribution in [0.15, 0.2) is 22.7 Å². The topological polar surface area (TPSA) is 90.7 Å². The van der Waals surface area contributed by atoms with Crippen molar-refractivity contribution >= 4 is 27.6 Å². The van der Waals surface area contributed by atoms with Crippen LogP contribution in [0.25, 0.3) is 0 Å². The number of rotatable bonds is 7. The van der Waals surface area contributed by atoms with Crippen LogP contribution in [0.3, 0.4) is 0 Å². The molecule has 1 aromatic carbocycles. The molecule has 0 heterocycles. The maximum atomic E-state index is 11.5. The van der Waals surface area contributed by atoms with Crippen LogP contribution >= 0.6 is 15.9 Å². The molecule has 7 nitrogen and oxygen atoms in total. The molecule has 0 aliphatic carbocycles. The number of carbonyl (C=O) groups excluding carboxylic acids is 1. The number of likely N-dealkylation sites (N-methyl/N-ethyl adjacent to an activating group) is 1. The van der Waals surface area contributed by atoms with Crippen molar-refractivity contribution in [3.05, 3.63) is 32.8 Å². The second kappa shape index (κ2) is 7.81. The SMILES string of the molecule is CCNC(COc1cccc([N+](=O)[O-])c1Br)C(=O)OC. The third-order valence-corrected chi connectivity index (χ3v) is 3.28. The molecule has 1 N–H and O–H groups in total. The van der Waals surface area contributed by atoms with Gasteiger partial charge in [0.05, 0.1) is 12.0 Å². The van der Waals surface area contributed by atoms with Gasteiger partial charge in [-0.25, -0.2) is 0 Å². The molecule has 0 fully saturated rings. The Labute approximate surface area is 124 Å². The monoisotopic (exact) mass is 346 g/mol. The Kier molecular flexibility index (Phi) is 6.40. The van der Waals surface area contributed by atoms with E-state index in [1.807, 2.05) is 6.92 Å². The summed E-state index contributed by atoms with van der Waals surface area (Å²) in [5, 5.41) is 13.7. The van der Waals surface area contributed by atoms with Crippen molar-refractivity contribution in [3.63, 3.8) is 0 Å². The van der Waals surface area contributed by atoms with Gasteiger partial charge in [0.25, 0.3) is 5.69 Å². The van der Waals surface area contributed by atoms with Crippen LogP contribution in [-0.4, -0.2) is 37.2 Å². The van der Waals surface area contributed by atoms with E-state index in [0.717, 1.165) is 0 Å². The van der Waals surface area contributed by atoms with Gasteiger partial charge in [0.1, 0.15) is 22.9 Å². The summed E-state index contributed by atoms with van der Waals surface area (Å²) in [6, 6.07) is 3.82. The lowest BCUT2D eigenvalue weighted by atomic mass is 10.3. The highest BCUT2D eigenvalue weighted by atomic mass is 79.9. The molecule has 20 heavy (non-hydrogen) atoms.